The van der Waals surface area contributed by atoms with Crippen molar-refractivity contribution in [1.82, 2.24) is 14.5 Å². The van der Waals surface area contributed by atoms with E-state index in [9.17, 15) is 13.2 Å². The topological polar surface area (TPSA) is 79.0 Å². The Labute approximate surface area is 137 Å². The summed E-state index contributed by atoms with van der Waals surface area (Å²) in [4.78, 5) is 14.1. The maximum absolute atomic E-state index is 12.9. The van der Waals surface area contributed by atoms with E-state index in [1.54, 1.807) is 25.2 Å². The molecule has 7 nitrogen and oxygen atoms in total. The van der Waals surface area contributed by atoms with E-state index in [0.717, 1.165) is 0 Å². The molecule has 8 heteroatoms. The number of carbonyl (C=O) groups excluding carboxylic acids is 1. The fraction of sp³-hybridized carbons (Fsp3) is 0.533. The Morgan fingerprint density at radius 2 is 2.04 bits per heavy atom. The van der Waals surface area contributed by atoms with Crippen LogP contribution in [0.3, 0.4) is 0 Å². The van der Waals surface area contributed by atoms with Crippen molar-refractivity contribution in [2.45, 2.75) is 4.90 Å². The lowest BCUT2D eigenvalue weighted by Crippen LogP contribution is -2.41. The molecule has 2 rings (SSSR count). The van der Waals surface area contributed by atoms with E-state index >= 15 is 0 Å². The molecule has 1 fully saturated rings. The fourth-order valence-electron chi connectivity index (χ4n) is 2.64. The van der Waals surface area contributed by atoms with Crippen LogP contribution in [-0.4, -0.2) is 70.9 Å². The molecule has 0 unspecified atom stereocenters. The van der Waals surface area contributed by atoms with Gasteiger partial charge in [-0.25, -0.2) is 8.42 Å². The third kappa shape index (κ3) is 4.01. The Balaban J connectivity index is 2.31. The predicted molar refractivity (Wildman–Crippen MR) is 86.8 cm³/mol. The van der Waals surface area contributed by atoms with Crippen LogP contribution in [0.4, 0.5) is 0 Å². The van der Waals surface area contributed by atoms with Crippen molar-refractivity contribution in [1.29, 1.82) is 0 Å². The average Bonchev–Trinajstić information content (AvgIpc) is 2.76. The zero-order valence-corrected chi connectivity index (χ0v) is 14.5. The SMILES string of the molecule is CNC(=O)[C@H]1CN(C)CCN(S(=O)(=O)c2cccc(OC)c2)C1. The van der Waals surface area contributed by atoms with Gasteiger partial charge in [-0.2, -0.15) is 4.31 Å². The summed E-state index contributed by atoms with van der Waals surface area (Å²) in [7, 11) is 1.28. The maximum Gasteiger partial charge on any atom is 0.243 e. The first kappa shape index (κ1) is 17.7. The van der Waals surface area contributed by atoms with E-state index in [4.69, 9.17) is 4.74 Å². The molecule has 1 saturated heterocycles. The molecule has 0 radical (unpaired) electrons. The van der Waals surface area contributed by atoms with E-state index in [1.807, 2.05) is 11.9 Å². The minimum Gasteiger partial charge on any atom is -0.497 e. The number of amides is 1. The van der Waals surface area contributed by atoms with Crippen molar-refractivity contribution in [3.63, 3.8) is 0 Å². The van der Waals surface area contributed by atoms with Gasteiger partial charge in [0.2, 0.25) is 15.9 Å². The van der Waals surface area contributed by atoms with Gasteiger partial charge < -0.3 is 15.0 Å². The molecule has 0 spiro atoms. The third-order valence-corrected chi connectivity index (χ3v) is 5.84. The lowest BCUT2D eigenvalue weighted by Gasteiger charge is -2.23. The van der Waals surface area contributed by atoms with Crippen LogP contribution in [0.2, 0.25) is 0 Å². The molecule has 0 aliphatic carbocycles. The molecule has 1 aliphatic rings. The molecule has 1 heterocycles. The summed E-state index contributed by atoms with van der Waals surface area (Å²) in [5.74, 6) is -0.0571. The van der Waals surface area contributed by atoms with Crippen LogP contribution < -0.4 is 10.1 Å². The zero-order valence-electron chi connectivity index (χ0n) is 13.7. The summed E-state index contributed by atoms with van der Waals surface area (Å²) in [6, 6.07) is 6.38. The van der Waals surface area contributed by atoms with Crippen LogP contribution in [0, 0.1) is 5.92 Å². The Bertz CT molecular complexity index is 662. The van der Waals surface area contributed by atoms with Crippen molar-refractivity contribution in [3.05, 3.63) is 24.3 Å². The molecule has 0 aromatic heterocycles. The molecule has 1 N–H and O–H groups in total. The first-order valence-electron chi connectivity index (χ1n) is 7.43. The van der Waals surface area contributed by atoms with Gasteiger partial charge in [0.1, 0.15) is 5.75 Å². The number of carbonyl (C=O) groups is 1. The number of rotatable bonds is 4. The normalized spacial score (nSPS) is 20.7. The molecular formula is C15H23N3O4S. The van der Waals surface area contributed by atoms with Crippen LogP contribution in [-0.2, 0) is 14.8 Å². The van der Waals surface area contributed by atoms with Gasteiger partial charge in [-0.05, 0) is 19.2 Å². The van der Waals surface area contributed by atoms with E-state index in [-0.39, 0.29) is 17.3 Å². The smallest absolute Gasteiger partial charge is 0.243 e. The highest BCUT2D eigenvalue weighted by Crippen LogP contribution is 2.23. The van der Waals surface area contributed by atoms with Gasteiger partial charge in [-0.1, -0.05) is 6.07 Å². The highest BCUT2D eigenvalue weighted by Gasteiger charge is 2.33. The van der Waals surface area contributed by atoms with Gasteiger partial charge in [0.15, 0.2) is 0 Å². The zero-order chi connectivity index (χ0) is 17.0. The van der Waals surface area contributed by atoms with Crippen molar-refractivity contribution in [3.8, 4) is 5.75 Å². The van der Waals surface area contributed by atoms with Crippen molar-refractivity contribution in [2.24, 2.45) is 5.92 Å². The van der Waals surface area contributed by atoms with Crippen LogP contribution in [0.25, 0.3) is 0 Å². The Hall–Kier alpha value is -1.64. The molecule has 1 aromatic carbocycles. The maximum atomic E-state index is 12.9. The molecular weight excluding hydrogens is 318 g/mol. The molecule has 0 saturated carbocycles. The summed E-state index contributed by atoms with van der Waals surface area (Å²) in [5.41, 5.74) is 0. The van der Waals surface area contributed by atoms with Gasteiger partial charge in [0.05, 0.1) is 17.9 Å². The molecule has 1 aliphatic heterocycles. The van der Waals surface area contributed by atoms with E-state index in [1.165, 1.54) is 17.5 Å². The number of likely N-dealkylation sites (N-methyl/N-ethyl adjacent to an activating group) is 1. The van der Waals surface area contributed by atoms with E-state index in [2.05, 4.69) is 5.32 Å². The largest absolute Gasteiger partial charge is 0.497 e. The quantitative estimate of drug-likeness (QED) is 0.834. The predicted octanol–water partition coefficient (Wildman–Crippen LogP) is -0.00650. The van der Waals surface area contributed by atoms with Crippen LogP contribution in [0.5, 0.6) is 5.75 Å². The van der Waals surface area contributed by atoms with Crippen LogP contribution in [0.1, 0.15) is 0 Å². The number of nitrogens with zero attached hydrogens (tertiary/aromatic N) is 2. The van der Waals surface area contributed by atoms with Gasteiger partial charge in [0, 0.05) is 39.3 Å². The Morgan fingerprint density at radius 1 is 1.30 bits per heavy atom. The number of nitrogens with one attached hydrogen (secondary N) is 1. The second-order valence-electron chi connectivity index (χ2n) is 5.62. The highest BCUT2D eigenvalue weighted by atomic mass is 32.2. The number of ether oxygens (including phenoxy) is 1. The molecule has 1 atom stereocenters. The van der Waals surface area contributed by atoms with Crippen molar-refractivity contribution >= 4 is 15.9 Å². The van der Waals surface area contributed by atoms with Crippen LogP contribution >= 0.6 is 0 Å². The standard InChI is InChI=1S/C15H23N3O4S/c1-16-15(19)12-10-17(2)7-8-18(11-12)23(20,21)14-6-4-5-13(9-14)22-3/h4-6,9,12H,7-8,10-11H2,1-3H3,(H,16,19)/t12-/m0/s1. The molecule has 128 valence electrons. The lowest BCUT2D eigenvalue weighted by atomic mass is 10.1. The molecule has 23 heavy (non-hydrogen) atoms. The highest BCUT2D eigenvalue weighted by molar-refractivity contribution is 7.89. The van der Waals surface area contributed by atoms with Gasteiger partial charge in [-0.3, -0.25) is 4.79 Å². The minimum atomic E-state index is -3.67. The third-order valence-electron chi connectivity index (χ3n) is 3.98. The first-order valence-corrected chi connectivity index (χ1v) is 8.87. The van der Waals surface area contributed by atoms with E-state index in [0.29, 0.717) is 25.4 Å². The van der Waals surface area contributed by atoms with Crippen molar-refractivity contribution < 1.29 is 17.9 Å². The second kappa shape index (κ2) is 7.29. The average molecular weight is 341 g/mol. The summed E-state index contributed by atoms with van der Waals surface area (Å²) in [6.45, 7) is 1.63. The first-order chi connectivity index (χ1) is 10.9. The molecule has 1 aromatic rings. The summed E-state index contributed by atoms with van der Waals surface area (Å²) in [6.07, 6.45) is 0. The Kier molecular flexibility index (Phi) is 5.61. The van der Waals surface area contributed by atoms with Gasteiger partial charge in [0.25, 0.3) is 0 Å². The van der Waals surface area contributed by atoms with E-state index < -0.39 is 15.9 Å². The molecule has 0 bridgehead atoms. The summed E-state index contributed by atoms with van der Waals surface area (Å²) in [5, 5.41) is 2.61. The second-order valence-corrected chi connectivity index (χ2v) is 7.55. The number of hydrogen-bond donors (Lipinski definition) is 1. The molecule has 1 amide bonds. The summed E-state index contributed by atoms with van der Waals surface area (Å²) < 4.78 is 32.3. The Morgan fingerprint density at radius 3 is 2.70 bits per heavy atom. The monoisotopic (exact) mass is 341 g/mol. The lowest BCUT2D eigenvalue weighted by molar-refractivity contribution is -0.124. The summed E-state index contributed by atoms with van der Waals surface area (Å²) >= 11 is 0. The number of benzene rings is 1. The van der Waals surface area contributed by atoms with Gasteiger partial charge >= 0.3 is 0 Å². The number of methoxy groups -OCH3 is 1. The number of hydrogen-bond acceptors (Lipinski definition) is 5. The number of sulfonamides is 1. The van der Waals surface area contributed by atoms with Crippen LogP contribution in [0.15, 0.2) is 29.2 Å². The minimum absolute atomic E-state index is 0.149. The van der Waals surface area contributed by atoms with Crippen molar-refractivity contribution in [2.75, 3.05) is 47.4 Å². The fourth-order valence-corrected chi connectivity index (χ4v) is 4.16. The van der Waals surface area contributed by atoms with Gasteiger partial charge in [-0.15, -0.1) is 0 Å².